The summed E-state index contributed by atoms with van der Waals surface area (Å²) >= 11 is 0. The summed E-state index contributed by atoms with van der Waals surface area (Å²) in [6.07, 6.45) is 1.62. The highest BCUT2D eigenvalue weighted by Crippen LogP contribution is 2.28. The Morgan fingerprint density at radius 3 is 2.33 bits per heavy atom. The number of nitrogens with zero attached hydrogens (tertiary/aromatic N) is 2. The highest BCUT2D eigenvalue weighted by molar-refractivity contribution is 6.08. The van der Waals surface area contributed by atoms with Crippen molar-refractivity contribution in [3.63, 3.8) is 0 Å². The van der Waals surface area contributed by atoms with Crippen LogP contribution in [-0.4, -0.2) is 39.9 Å². The number of carboxylic acid groups (broad SMARTS) is 1. The van der Waals surface area contributed by atoms with Gasteiger partial charge in [-0.05, 0) is 42.3 Å². The summed E-state index contributed by atoms with van der Waals surface area (Å²) in [6, 6.07) is 21.0. The number of ketones is 1. The number of rotatable bonds is 10. The van der Waals surface area contributed by atoms with Gasteiger partial charge in [0.1, 0.15) is 11.6 Å². The molecule has 10 heteroatoms. The number of carbonyl (C=O) groups excluding carboxylic acids is 2. The number of anilines is 1. The lowest BCUT2D eigenvalue weighted by atomic mass is 10.0. The molecular weight excluding hydrogens is 520 g/mol. The number of nitrogen functional groups attached to an aromatic ring is 1. The van der Waals surface area contributed by atoms with Crippen molar-refractivity contribution in [1.82, 2.24) is 4.57 Å². The Labute approximate surface area is 231 Å². The molecule has 0 spiro atoms. The summed E-state index contributed by atoms with van der Waals surface area (Å²) in [5.41, 5.74) is 8.94. The third kappa shape index (κ3) is 7.03. The Morgan fingerprint density at radius 1 is 1.00 bits per heavy atom. The van der Waals surface area contributed by atoms with Crippen LogP contribution in [0.15, 0.2) is 79.0 Å². The minimum atomic E-state index is -1.03. The molecule has 0 saturated heterocycles. The molecule has 0 fully saturated rings. The molecule has 4 N–H and O–H groups in total. The first kappa shape index (κ1) is 28.9. The molecule has 0 bridgehead atoms. The van der Waals surface area contributed by atoms with E-state index in [2.05, 4.69) is 0 Å². The minimum Gasteiger partial charge on any atom is -0.481 e. The van der Waals surface area contributed by atoms with Crippen LogP contribution >= 0.6 is 12.4 Å². The van der Waals surface area contributed by atoms with Crippen molar-refractivity contribution < 1.29 is 24.2 Å². The van der Waals surface area contributed by atoms with Gasteiger partial charge >= 0.3 is 12.1 Å². The number of carbonyl (C=O) groups is 3. The highest BCUT2D eigenvalue weighted by Gasteiger charge is 2.21. The Kier molecular flexibility index (Phi) is 9.46. The van der Waals surface area contributed by atoms with E-state index in [1.165, 1.54) is 4.90 Å². The van der Waals surface area contributed by atoms with E-state index in [9.17, 15) is 14.4 Å². The molecule has 0 aliphatic heterocycles. The van der Waals surface area contributed by atoms with Crippen molar-refractivity contribution >= 4 is 52.7 Å². The Balaban J connectivity index is 0.00000420. The summed E-state index contributed by atoms with van der Waals surface area (Å²) in [6.45, 7) is -0.0527. The number of amides is 1. The monoisotopic (exact) mass is 548 g/mol. The number of benzene rings is 3. The van der Waals surface area contributed by atoms with Crippen LogP contribution in [0.2, 0.25) is 0 Å². The van der Waals surface area contributed by atoms with Gasteiger partial charge in [-0.2, -0.15) is 0 Å². The first-order valence-corrected chi connectivity index (χ1v) is 12.0. The molecule has 1 amide bonds. The fourth-order valence-corrected chi connectivity index (χ4v) is 4.20. The number of aryl methyl sites for hydroxylation is 2. The van der Waals surface area contributed by atoms with E-state index in [1.807, 2.05) is 23.7 Å². The Morgan fingerprint density at radius 2 is 1.69 bits per heavy atom. The second-order valence-corrected chi connectivity index (χ2v) is 8.87. The highest BCUT2D eigenvalue weighted by atomic mass is 35.5. The van der Waals surface area contributed by atoms with Crippen LogP contribution in [0, 0.1) is 5.41 Å². The van der Waals surface area contributed by atoms with Gasteiger partial charge in [0.05, 0.1) is 6.42 Å². The molecule has 0 atom stereocenters. The van der Waals surface area contributed by atoms with Crippen molar-refractivity contribution in [1.29, 1.82) is 5.41 Å². The molecule has 1 aromatic heterocycles. The number of aliphatic carboxylic acids is 1. The van der Waals surface area contributed by atoms with Gasteiger partial charge < -0.3 is 20.1 Å². The summed E-state index contributed by atoms with van der Waals surface area (Å²) in [7, 11) is 1.84. The zero-order chi connectivity index (χ0) is 27.2. The first-order chi connectivity index (χ1) is 18.2. The molecule has 0 unspecified atom stereocenters. The lowest BCUT2D eigenvalue weighted by Crippen LogP contribution is -2.35. The van der Waals surface area contributed by atoms with Crippen molar-refractivity contribution in [2.75, 3.05) is 11.4 Å². The number of halogens is 1. The first-order valence-electron chi connectivity index (χ1n) is 12.0. The normalized spacial score (nSPS) is 10.5. The number of hydrogen-bond acceptors (Lipinski definition) is 5. The number of hydrogen-bond donors (Lipinski definition) is 3. The minimum absolute atomic E-state index is 0. The quantitative estimate of drug-likeness (QED) is 0.142. The SMILES string of the molecule is Cl.Cn1cc(C(=O)CCc2ccc(C(=N)N)cc2)c2cc(OC(=O)N(CCC(=O)O)c3ccccc3)ccc21. The average molecular weight is 549 g/mol. The van der Waals surface area contributed by atoms with Gasteiger partial charge in [0.2, 0.25) is 0 Å². The molecular formula is C29H29ClN4O5. The molecule has 9 nitrogen and oxygen atoms in total. The number of nitrogens with two attached hydrogens (primary N) is 1. The predicted molar refractivity (Wildman–Crippen MR) is 152 cm³/mol. The fraction of sp³-hybridized carbons (Fsp3) is 0.172. The van der Waals surface area contributed by atoms with Gasteiger partial charge in [-0.3, -0.25) is 19.9 Å². The predicted octanol–water partition coefficient (Wildman–Crippen LogP) is 5.18. The smallest absolute Gasteiger partial charge is 0.419 e. The molecule has 0 saturated carbocycles. The molecule has 4 rings (SSSR count). The molecule has 4 aromatic rings. The van der Waals surface area contributed by atoms with Gasteiger partial charge in [0.25, 0.3) is 0 Å². The van der Waals surface area contributed by atoms with E-state index < -0.39 is 12.1 Å². The van der Waals surface area contributed by atoms with Gasteiger partial charge in [0.15, 0.2) is 5.78 Å². The lowest BCUT2D eigenvalue weighted by Gasteiger charge is -2.21. The third-order valence-electron chi connectivity index (χ3n) is 6.21. The van der Waals surface area contributed by atoms with Crippen LogP contribution in [0.1, 0.15) is 34.3 Å². The summed E-state index contributed by atoms with van der Waals surface area (Å²) in [5, 5.41) is 17.3. The van der Waals surface area contributed by atoms with Crippen molar-refractivity contribution in [3.8, 4) is 5.75 Å². The maximum atomic E-state index is 13.2. The second-order valence-electron chi connectivity index (χ2n) is 8.87. The van der Waals surface area contributed by atoms with E-state index in [1.54, 1.807) is 66.9 Å². The van der Waals surface area contributed by atoms with Crippen LogP contribution < -0.4 is 15.4 Å². The largest absolute Gasteiger partial charge is 0.481 e. The molecule has 1 heterocycles. The zero-order valence-electron chi connectivity index (χ0n) is 21.3. The second kappa shape index (κ2) is 12.7. The molecule has 3 aromatic carbocycles. The van der Waals surface area contributed by atoms with Gasteiger partial charge in [0, 0.05) is 53.9 Å². The molecule has 39 heavy (non-hydrogen) atoms. The topological polar surface area (TPSA) is 139 Å². The van der Waals surface area contributed by atoms with Crippen LogP contribution in [0.25, 0.3) is 10.9 Å². The number of fused-ring (bicyclic) bond motifs is 1. The van der Waals surface area contributed by atoms with Crippen molar-refractivity contribution in [2.45, 2.75) is 19.3 Å². The fourth-order valence-electron chi connectivity index (χ4n) is 4.20. The summed E-state index contributed by atoms with van der Waals surface area (Å²) < 4.78 is 7.47. The van der Waals surface area contributed by atoms with Gasteiger partial charge in [-0.15, -0.1) is 12.4 Å². The summed E-state index contributed by atoms with van der Waals surface area (Å²) in [4.78, 5) is 38.6. The standard InChI is InChI=1S/C29H28N4O5.ClH/c1-32-18-24(26(34)14-9-19-7-10-20(11-8-19)28(30)31)23-17-22(12-13-25(23)32)38-29(37)33(16-15-27(35)36)21-5-3-2-4-6-21;/h2-8,10-13,17-18H,9,14-16H2,1H3,(H3,30,31)(H,35,36);1H. The van der Waals surface area contributed by atoms with Crippen molar-refractivity contribution in [2.24, 2.45) is 12.8 Å². The Bertz CT molecular complexity index is 1500. The van der Waals surface area contributed by atoms with E-state index in [-0.39, 0.29) is 49.2 Å². The number of carboxylic acids is 1. The van der Waals surface area contributed by atoms with Crippen LogP contribution in [0.4, 0.5) is 10.5 Å². The van der Waals surface area contributed by atoms with E-state index in [4.69, 9.17) is 21.0 Å². The molecule has 0 aliphatic rings. The van der Waals surface area contributed by atoms with E-state index in [0.717, 1.165) is 11.1 Å². The van der Waals surface area contributed by atoms with Crippen LogP contribution in [0.5, 0.6) is 5.75 Å². The van der Waals surface area contributed by atoms with E-state index in [0.29, 0.717) is 28.6 Å². The maximum Gasteiger partial charge on any atom is 0.419 e. The average Bonchev–Trinajstić information content (AvgIpc) is 3.23. The van der Waals surface area contributed by atoms with Crippen LogP contribution in [0.3, 0.4) is 0 Å². The van der Waals surface area contributed by atoms with Gasteiger partial charge in [-0.25, -0.2) is 4.79 Å². The number of amidine groups is 1. The maximum absolute atomic E-state index is 13.2. The Hall–Kier alpha value is -4.63. The third-order valence-corrected chi connectivity index (χ3v) is 6.21. The number of aromatic nitrogens is 1. The molecule has 0 aliphatic carbocycles. The number of para-hydroxylation sites is 1. The van der Waals surface area contributed by atoms with Crippen molar-refractivity contribution in [3.05, 3.63) is 95.7 Å². The van der Waals surface area contributed by atoms with E-state index >= 15 is 0 Å². The number of ether oxygens (including phenoxy) is 1. The number of Topliss-reactive ketones (excluding diaryl/α,β-unsaturated/α-hetero) is 1. The summed E-state index contributed by atoms with van der Waals surface area (Å²) in [5.74, 6) is -0.836. The van der Waals surface area contributed by atoms with Gasteiger partial charge in [-0.1, -0.05) is 42.5 Å². The zero-order valence-corrected chi connectivity index (χ0v) is 22.1. The van der Waals surface area contributed by atoms with Crippen LogP contribution in [-0.2, 0) is 18.3 Å². The number of nitrogens with one attached hydrogen (secondary N) is 1. The molecule has 0 radical (unpaired) electrons. The lowest BCUT2D eigenvalue weighted by molar-refractivity contribution is -0.136. The molecule has 202 valence electrons.